The Labute approximate surface area is 164 Å². The van der Waals surface area contributed by atoms with Gasteiger partial charge in [-0.1, -0.05) is 19.0 Å². The van der Waals surface area contributed by atoms with E-state index in [0.717, 1.165) is 18.7 Å². The molecule has 1 atom stereocenters. The Morgan fingerprint density at radius 2 is 2.11 bits per heavy atom. The highest BCUT2D eigenvalue weighted by molar-refractivity contribution is 5.74. The molecule has 28 heavy (non-hydrogen) atoms. The molecular formula is C18H29N7O3. The van der Waals surface area contributed by atoms with Crippen molar-refractivity contribution >= 4 is 6.03 Å². The fourth-order valence-corrected chi connectivity index (χ4v) is 3.28. The third-order valence-corrected chi connectivity index (χ3v) is 5.01. The number of hydrogen-bond acceptors (Lipinski definition) is 7. The van der Waals surface area contributed by atoms with Gasteiger partial charge in [0.25, 0.3) is 0 Å². The largest absolute Gasteiger partial charge is 0.383 e. The molecule has 0 radical (unpaired) electrons. The average molecular weight is 391 g/mol. The van der Waals surface area contributed by atoms with Crippen molar-refractivity contribution in [3.8, 4) is 0 Å². The molecule has 10 heteroatoms. The van der Waals surface area contributed by atoms with Crippen molar-refractivity contribution in [3.63, 3.8) is 0 Å². The van der Waals surface area contributed by atoms with Crippen LogP contribution >= 0.6 is 0 Å². The van der Waals surface area contributed by atoms with E-state index < -0.39 is 0 Å². The first-order valence-corrected chi connectivity index (χ1v) is 9.75. The normalized spacial score (nSPS) is 16.5. The molecule has 10 nitrogen and oxygen atoms in total. The maximum atomic E-state index is 12.6. The van der Waals surface area contributed by atoms with E-state index >= 15 is 0 Å². The lowest BCUT2D eigenvalue weighted by atomic mass is 9.97. The van der Waals surface area contributed by atoms with Gasteiger partial charge < -0.3 is 24.0 Å². The fourth-order valence-electron chi connectivity index (χ4n) is 3.28. The molecule has 2 aromatic heterocycles. The van der Waals surface area contributed by atoms with E-state index in [1.165, 1.54) is 0 Å². The molecule has 1 N–H and O–H groups in total. The van der Waals surface area contributed by atoms with E-state index in [9.17, 15) is 4.79 Å². The summed E-state index contributed by atoms with van der Waals surface area (Å²) in [6.45, 7) is 8.50. The number of ether oxygens (including phenoxy) is 1. The number of nitrogens with one attached hydrogen (secondary N) is 1. The minimum atomic E-state index is -0.242. The molecule has 0 aliphatic carbocycles. The number of carbonyl (C=O) groups is 1. The number of hydrogen-bond donors (Lipinski definition) is 1. The summed E-state index contributed by atoms with van der Waals surface area (Å²) in [5.41, 5.74) is 0. The zero-order valence-electron chi connectivity index (χ0n) is 17.0. The molecule has 154 valence electrons. The highest BCUT2D eigenvalue weighted by atomic mass is 16.5. The number of likely N-dealkylation sites (tertiary alicyclic amines) is 1. The van der Waals surface area contributed by atoms with Crippen LogP contribution in [0.2, 0.25) is 0 Å². The number of aromatic nitrogens is 5. The molecule has 2 amide bonds. The summed E-state index contributed by atoms with van der Waals surface area (Å²) >= 11 is 0. The van der Waals surface area contributed by atoms with Crippen molar-refractivity contribution in [1.29, 1.82) is 0 Å². The third kappa shape index (κ3) is 4.67. The number of nitrogens with zero attached hydrogens (tertiary/aromatic N) is 6. The minimum absolute atomic E-state index is 0.0966. The Kier molecular flexibility index (Phi) is 6.61. The molecule has 3 heterocycles. The predicted octanol–water partition coefficient (Wildman–Crippen LogP) is 2.08. The zero-order chi connectivity index (χ0) is 20.1. The second kappa shape index (κ2) is 9.13. The van der Waals surface area contributed by atoms with Gasteiger partial charge in [-0.25, -0.2) is 4.79 Å². The smallest absolute Gasteiger partial charge is 0.317 e. The van der Waals surface area contributed by atoms with Crippen LogP contribution in [0.1, 0.15) is 69.0 Å². The number of urea groups is 1. The van der Waals surface area contributed by atoms with Gasteiger partial charge in [0.2, 0.25) is 5.89 Å². The van der Waals surface area contributed by atoms with Crippen LogP contribution in [0.3, 0.4) is 0 Å². The van der Waals surface area contributed by atoms with Crippen molar-refractivity contribution in [2.45, 2.75) is 58.0 Å². The number of piperidine rings is 1. The van der Waals surface area contributed by atoms with Crippen LogP contribution in [-0.4, -0.2) is 62.6 Å². The summed E-state index contributed by atoms with van der Waals surface area (Å²) in [5.74, 6) is 2.59. The second-order valence-corrected chi connectivity index (χ2v) is 7.45. The van der Waals surface area contributed by atoms with Crippen molar-refractivity contribution in [2.75, 3.05) is 26.8 Å². The quantitative estimate of drug-likeness (QED) is 0.769. The summed E-state index contributed by atoms with van der Waals surface area (Å²) < 4.78 is 12.4. The zero-order valence-corrected chi connectivity index (χ0v) is 17.0. The Bertz CT molecular complexity index is 765. The summed E-state index contributed by atoms with van der Waals surface area (Å²) in [5, 5.41) is 15.1. The van der Waals surface area contributed by atoms with Crippen molar-refractivity contribution in [1.82, 2.24) is 35.1 Å². The van der Waals surface area contributed by atoms with Gasteiger partial charge in [-0.3, -0.25) is 0 Å². The van der Waals surface area contributed by atoms with Gasteiger partial charge in [0, 0.05) is 38.6 Å². The number of carbonyl (C=O) groups excluding carboxylic acids is 1. The second-order valence-electron chi connectivity index (χ2n) is 7.45. The number of rotatable bonds is 7. The van der Waals surface area contributed by atoms with E-state index in [2.05, 4.69) is 25.7 Å². The topological polar surface area (TPSA) is 111 Å². The molecule has 1 unspecified atom stereocenters. The Hall–Kier alpha value is -2.49. The first-order chi connectivity index (χ1) is 13.5. The number of amides is 2. The first kappa shape index (κ1) is 20.2. The Balaban J connectivity index is 1.51. The van der Waals surface area contributed by atoms with E-state index in [4.69, 9.17) is 9.26 Å². The summed E-state index contributed by atoms with van der Waals surface area (Å²) in [6, 6.07) is -0.338. The van der Waals surface area contributed by atoms with Crippen LogP contribution in [0, 0.1) is 0 Å². The Morgan fingerprint density at radius 3 is 2.75 bits per heavy atom. The van der Waals surface area contributed by atoms with Crippen LogP contribution in [0.4, 0.5) is 4.79 Å². The lowest BCUT2D eigenvalue weighted by molar-refractivity contribution is 0.171. The van der Waals surface area contributed by atoms with Gasteiger partial charge >= 0.3 is 6.03 Å². The molecular weight excluding hydrogens is 362 g/mol. The molecule has 1 fully saturated rings. The lowest BCUT2D eigenvalue weighted by Gasteiger charge is -2.31. The van der Waals surface area contributed by atoms with Crippen LogP contribution in [0.5, 0.6) is 0 Å². The fraction of sp³-hybridized carbons (Fsp3) is 0.722. The van der Waals surface area contributed by atoms with Crippen molar-refractivity contribution in [2.24, 2.45) is 0 Å². The van der Waals surface area contributed by atoms with Gasteiger partial charge in [-0.15, -0.1) is 10.2 Å². The van der Waals surface area contributed by atoms with Gasteiger partial charge in [-0.2, -0.15) is 4.98 Å². The highest BCUT2D eigenvalue weighted by Crippen LogP contribution is 2.28. The van der Waals surface area contributed by atoms with Crippen LogP contribution in [0.15, 0.2) is 10.9 Å². The summed E-state index contributed by atoms with van der Waals surface area (Å²) in [6.07, 6.45) is 3.27. The van der Waals surface area contributed by atoms with E-state index in [-0.39, 0.29) is 23.9 Å². The van der Waals surface area contributed by atoms with Crippen molar-refractivity contribution in [3.05, 3.63) is 23.9 Å². The average Bonchev–Trinajstić information content (AvgIpc) is 3.36. The lowest BCUT2D eigenvalue weighted by Crippen LogP contribution is -2.45. The predicted molar refractivity (Wildman–Crippen MR) is 101 cm³/mol. The summed E-state index contributed by atoms with van der Waals surface area (Å²) in [4.78, 5) is 19.0. The maximum Gasteiger partial charge on any atom is 0.317 e. The molecule has 1 aliphatic heterocycles. The van der Waals surface area contributed by atoms with E-state index in [1.807, 2.05) is 30.2 Å². The minimum Gasteiger partial charge on any atom is -0.383 e. The molecule has 0 saturated carbocycles. The summed E-state index contributed by atoms with van der Waals surface area (Å²) in [7, 11) is 1.65. The molecule has 2 aromatic rings. The van der Waals surface area contributed by atoms with Gasteiger partial charge in [0.15, 0.2) is 11.6 Å². The van der Waals surface area contributed by atoms with Crippen LogP contribution < -0.4 is 5.32 Å². The van der Waals surface area contributed by atoms with Crippen LogP contribution in [0.25, 0.3) is 0 Å². The maximum absolute atomic E-state index is 12.6. The molecule has 1 aliphatic rings. The molecule has 0 aromatic carbocycles. The molecule has 3 rings (SSSR count). The molecule has 1 saturated heterocycles. The van der Waals surface area contributed by atoms with Gasteiger partial charge in [-0.05, 0) is 19.8 Å². The standard InChI is InChI=1S/C18H29N7O3/c1-12(2)15-21-17(28-23-15)14-5-7-24(8-6-14)18(26)20-13(3)16-22-19-11-25(16)9-10-27-4/h11-14H,5-10H2,1-4H3,(H,20,26). The van der Waals surface area contributed by atoms with Crippen molar-refractivity contribution < 1.29 is 14.1 Å². The van der Waals surface area contributed by atoms with E-state index in [0.29, 0.717) is 38.0 Å². The van der Waals surface area contributed by atoms with Gasteiger partial charge in [0.05, 0.1) is 12.6 Å². The highest BCUT2D eigenvalue weighted by Gasteiger charge is 2.29. The SMILES string of the molecule is COCCn1cnnc1C(C)NC(=O)N1CCC(c2nc(C(C)C)no2)CC1. The Morgan fingerprint density at radius 1 is 1.36 bits per heavy atom. The number of methoxy groups -OCH3 is 1. The van der Waals surface area contributed by atoms with Gasteiger partial charge in [0.1, 0.15) is 6.33 Å². The first-order valence-electron chi connectivity index (χ1n) is 9.75. The monoisotopic (exact) mass is 391 g/mol. The molecule has 0 spiro atoms. The third-order valence-electron chi connectivity index (χ3n) is 5.01. The van der Waals surface area contributed by atoms with E-state index in [1.54, 1.807) is 13.4 Å². The molecule has 0 bridgehead atoms. The van der Waals surface area contributed by atoms with Crippen LogP contribution in [-0.2, 0) is 11.3 Å².